The maximum atomic E-state index is 13.1. The van der Waals surface area contributed by atoms with Gasteiger partial charge in [0.15, 0.2) is 0 Å². The molecule has 0 bridgehead atoms. The van der Waals surface area contributed by atoms with E-state index in [9.17, 15) is 26.4 Å². The van der Waals surface area contributed by atoms with Crippen molar-refractivity contribution in [2.75, 3.05) is 23.7 Å². The van der Waals surface area contributed by atoms with Gasteiger partial charge in [-0.25, -0.2) is 16.8 Å². The molecular weight excluding hydrogens is 712 g/mol. The first-order valence-electron chi connectivity index (χ1n) is 14.3. The van der Waals surface area contributed by atoms with E-state index >= 15 is 0 Å². The van der Waals surface area contributed by atoms with Crippen molar-refractivity contribution in [2.24, 2.45) is 0 Å². The Bertz CT molecular complexity index is 1840. The molecule has 6 rings (SSSR count). The third-order valence-corrected chi connectivity index (χ3v) is 15.1. The fourth-order valence-electron chi connectivity index (χ4n) is 5.63. The summed E-state index contributed by atoms with van der Waals surface area (Å²) in [4.78, 5) is 26.2. The van der Waals surface area contributed by atoms with Gasteiger partial charge in [0.25, 0.3) is 20.0 Å². The zero-order chi connectivity index (χ0) is 32.6. The summed E-state index contributed by atoms with van der Waals surface area (Å²) in [5, 5.41) is 5.67. The molecule has 46 heavy (non-hydrogen) atoms. The summed E-state index contributed by atoms with van der Waals surface area (Å²) in [7, 11) is -7.67. The van der Waals surface area contributed by atoms with Crippen molar-refractivity contribution in [1.82, 2.24) is 8.61 Å². The highest BCUT2D eigenvalue weighted by atomic mass is 35.5. The van der Waals surface area contributed by atoms with Gasteiger partial charge in [-0.05, 0) is 85.3 Å². The van der Waals surface area contributed by atoms with Gasteiger partial charge in [0.05, 0.1) is 8.67 Å². The Morgan fingerprint density at radius 2 is 0.978 bits per heavy atom. The normalized spacial score (nSPS) is 19.3. The molecule has 4 aromatic rings. The number of halogens is 2. The first-order chi connectivity index (χ1) is 21.9. The van der Waals surface area contributed by atoms with Gasteiger partial charge in [-0.15, -0.1) is 22.7 Å². The second kappa shape index (κ2) is 13.4. The molecule has 2 atom stereocenters. The fraction of sp³-hybridized carbons (Fsp3) is 0.267. The van der Waals surface area contributed by atoms with Crippen LogP contribution in [0.3, 0.4) is 0 Å². The van der Waals surface area contributed by atoms with Gasteiger partial charge < -0.3 is 10.6 Å². The molecule has 10 nitrogen and oxygen atoms in total. The first kappa shape index (κ1) is 33.1. The molecule has 2 N–H and O–H groups in total. The smallest absolute Gasteiger partial charge is 0.253 e. The Balaban J connectivity index is 1.07. The quantitative estimate of drug-likeness (QED) is 0.205. The Labute approximate surface area is 285 Å². The molecule has 16 heteroatoms. The van der Waals surface area contributed by atoms with Crippen LogP contribution in [0, 0.1) is 0 Å². The summed E-state index contributed by atoms with van der Waals surface area (Å²) in [5.74, 6) is -0.797. The van der Waals surface area contributed by atoms with E-state index in [-0.39, 0.29) is 21.5 Å². The Morgan fingerprint density at radius 3 is 1.30 bits per heavy atom. The molecule has 0 aliphatic carbocycles. The number of amides is 2. The number of nitrogens with zero attached hydrogens (tertiary/aromatic N) is 2. The molecule has 0 saturated carbocycles. The Kier molecular flexibility index (Phi) is 9.61. The topological polar surface area (TPSA) is 133 Å². The van der Waals surface area contributed by atoms with Gasteiger partial charge in [-0.1, -0.05) is 47.5 Å². The van der Waals surface area contributed by atoms with Crippen LogP contribution in [0.2, 0.25) is 8.67 Å². The lowest BCUT2D eigenvalue weighted by molar-refractivity contribution is -0.119. The molecule has 2 aromatic carbocycles. The number of benzene rings is 2. The number of anilines is 2. The maximum Gasteiger partial charge on any atom is 0.253 e. The van der Waals surface area contributed by atoms with Gasteiger partial charge in [0.2, 0.25) is 11.8 Å². The van der Waals surface area contributed by atoms with Gasteiger partial charge in [-0.3, -0.25) is 9.59 Å². The van der Waals surface area contributed by atoms with E-state index in [2.05, 4.69) is 10.6 Å². The minimum atomic E-state index is -3.84. The minimum Gasteiger partial charge on any atom is -0.325 e. The number of sulfonamides is 2. The predicted octanol–water partition coefficient (Wildman–Crippen LogP) is 6.37. The van der Waals surface area contributed by atoms with E-state index in [1.54, 1.807) is 24.3 Å². The molecule has 2 aliphatic heterocycles. The summed E-state index contributed by atoms with van der Waals surface area (Å²) < 4.78 is 55.9. The van der Waals surface area contributed by atoms with Crippen molar-refractivity contribution in [3.8, 4) is 11.1 Å². The van der Waals surface area contributed by atoms with Crippen molar-refractivity contribution in [2.45, 2.75) is 46.2 Å². The van der Waals surface area contributed by atoms with E-state index in [1.165, 1.54) is 32.9 Å². The molecule has 2 aromatic heterocycles. The third-order valence-electron chi connectivity index (χ3n) is 7.87. The molecule has 0 radical (unpaired) electrons. The molecule has 4 heterocycles. The Hall–Kier alpha value is -2.82. The first-order valence-corrected chi connectivity index (χ1v) is 19.6. The standard InChI is InChI=1S/C30H28Cl2N4O6S4/c31-25-13-15-27(43-25)45(39,40)35-17-1-3-23(35)29(37)33-21-9-5-19(6-10-21)20-7-11-22(12-8-20)34-30(38)24-4-2-18-36(24)46(41,42)28-16-14-26(32)44-28/h5-16,23-24H,1-4,17-18H2,(H,33,37)(H,34,38)/t23-,24-/m0/s1. The monoisotopic (exact) mass is 738 g/mol. The average molecular weight is 740 g/mol. The van der Waals surface area contributed by atoms with E-state index in [4.69, 9.17) is 23.2 Å². The van der Waals surface area contributed by atoms with Crippen molar-refractivity contribution >= 4 is 89.1 Å². The summed E-state index contributed by atoms with van der Waals surface area (Å²) in [6, 6.07) is 18.6. The van der Waals surface area contributed by atoms with Crippen LogP contribution in [0.4, 0.5) is 11.4 Å². The number of carbonyl (C=O) groups is 2. The largest absolute Gasteiger partial charge is 0.325 e. The summed E-state index contributed by atoms with van der Waals surface area (Å²) in [6.45, 7) is 0.515. The van der Waals surface area contributed by atoms with Crippen LogP contribution < -0.4 is 10.6 Å². The average Bonchev–Trinajstić information content (AvgIpc) is 3.85. The van der Waals surface area contributed by atoms with Crippen molar-refractivity contribution in [1.29, 1.82) is 0 Å². The van der Waals surface area contributed by atoms with E-state index in [0.29, 0.717) is 45.7 Å². The number of hydrogen-bond donors (Lipinski definition) is 2. The number of thiophene rings is 2. The van der Waals surface area contributed by atoms with Gasteiger partial charge >= 0.3 is 0 Å². The predicted molar refractivity (Wildman–Crippen MR) is 182 cm³/mol. The summed E-state index contributed by atoms with van der Waals surface area (Å²) in [5.41, 5.74) is 2.78. The highest BCUT2D eigenvalue weighted by molar-refractivity contribution is 7.91. The van der Waals surface area contributed by atoms with E-state index in [0.717, 1.165) is 33.8 Å². The lowest BCUT2D eigenvalue weighted by Crippen LogP contribution is -2.42. The third kappa shape index (κ3) is 6.76. The van der Waals surface area contributed by atoms with Crippen LogP contribution >= 0.6 is 45.9 Å². The number of hydrogen-bond acceptors (Lipinski definition) is 8. The molecule has 2 aliphatic rings. The van der Waals surface area contributed by atoms with Crippen molar-refractivity contribution in [3.05, 3.63) is 81.5 Å². The van der Waals surface area contributed by atoms with Crippen molar-refractivity contribution in [3.63, 3.8) is 0 Å². The molecule has 0 spiro atoms. The summed E-state index contributed by atoms with van der Waals surface area (Å²) in [6.07, 6.45) is 2.00. The fourth-order valence-corrected chi connectivity index (χ4v) is 12.2. The van der Waals surface area contributed by atoms with E-state index in [1.807, 2.05) is 24.3 Å². The lowest BCUT2D eigenvalue weighted by Gasteiger charge is -2.22. The molecule has 2 amide bonds. The van der Waals surface area contributed by atoms with Gasteiger partial charge in [-0.2, -0.15) is 8.61 Å². The highest BCUT2D eigenvalue weighted by Crippen LogP contribution is 2.34. The number of rotatable bonds is 9. The van der Waals surface area contributed by atoms with Crippen LogP contribution in [0.15, 0.2) is 81.2 Å². The zero-order valence-corrected chi connectivity index (χ0v) is 28.8. The minimum absolute atomic E-state index is 0.112. The van der Waals surface area contributed by atoms with Crippen molar-refractivity contribution < 1.29 is 26.4 Å². The lowest BCUT2D eigenvalue weighted by atomic mass is 10.0. The van der Waals surface area contributed by atoms with Crippen LogP contribution in [-0.2, 0) is 29.6 Å². The van der Waals surface area contributed by atoms with Gasteiger partial charge in [0, 0.05) is 24.5 Å². The van der Waals surface area contributed by atoms with Crippen LogP contribution in [0.5, 0.6) is 0 Å². The van der Waals surface area contributed by atoms with Crippen LogP contribution in [0.1, 0.15) is 25.7 Å². The number of nitrogens with one attached hydrogen (secondary N) is 2. The van der Waals surface area contributed by atoms with Gasteiger partial charge in [0.1, 0.15) is 20.5 Å². The molecule has 242 valence electrons. The second-order valence-corrected chi connectivity index (χ2v) is 18.5. The number of carbonyl (C=O) groups excluding carboxylic acids is 2. The van der Waals surface area contributed by atoms with Crippen LogP contribution in [0.25, 0.3) is 11.1 Å². The zero-order valence-electron chi connectivity index (χ0n) is 24.1. The molecule has 2 fully saturated rings. The van der Waals surface area contributed by atoms with E-state index < -0.39 is 43.9 Å². The maximum absolute atomic E-state index is 13.1. The Morgan fingerprint density at radius 1 is 0.609 bits per heavy atom. The molecule has 2 saturated heterocycles. The molecular formula is C30H28Cl2N4O6S4. The highest BCUT2D eigenvalue weighted by Gasteiger charge is 2.41. The second-order valence-electron chi connectivity index (χ2n) is 10.8. The van der Waals surface area contributed by atoms with Crippen LogP contribution in [-0.4, -0.2) is 62.4 Å². The SMILES string of the molecule is O=C(Nc1ccc(-c2ccc(NC(=O)[C@@H]3CCCN3S(=O)(=O)c3ccc(Cl)s3)cc2)cc1)[C@@H]1CCCN1S(=O)(=O)c1ccc(Cl)s1. The summed E-state index contributed by atoms with van der Waals surface area (Å²) >= 11 is 13.8. The molecule has 0 unspecified atom stereocenters.